The summed E-state index contributed by atoms with van der Waals surface area (Å²) in [6, 6.07) is 23.3. The van der Waals surface area contributed by atoms with Crippen LogP contribution in [0.15, 0.2) is 83.8 Å². The molecule has 0 aromatic heterocycles. The first-order valence-corrected chi connectivity index (χ1v) is 9.55. The lowest BCUT2D eigenvalue weighted by Crippen LogP contribution is -2.19. The van der Waals surface area contributed by atoms with E-state index < -0.39 is 0 Å². The Hall–Kier alpha value is -3.25. The number of benzene rings is 3. The number of nitrogens with one attached hydrogen (secondary N) is 3. The molecule has 3 amide bonds. The van der Waals surface area contributed by atoms with Crippen molar-refractivity contribution in [1.29, 1.82) is 0 Å². The van der Waals surface area contributed by atoms with Gasteiger partial charge in [0, 0.05) is 22.0 Å². The third-order valence-electron chi connectivity index (χ3n) is 3.78. The minimum absolute atomic E-state index is 0.164. The molecule has 0 unspecified atom stereocenters. The van der Waals surface area contributed by atoms with E-state index in [1.165, 1.54) is 11.8 Å². The number of hydrogen-bond donors (Lipinski definition) is 3. The van der Waals surface area contributed by atoms with Crippen LogP contribution >= 0.6 is 11.8 Å². The van der Waals surface area contributed by atoms with Crippen LogP contribution in [-0.4, -0.2) is 18.2 Å². The summed E-state index contributed by atoms with van der Waals surface area (Å²) in [5.74, 6) is -0.164. The number of thioether (sulfide) groups is 1. The molecule has 5 nitrogen and oxygen atoms in total. The molecule has 0 aliphatic rings. The molecule has 3 aromatic rings. The molecule has 0 spiro atoms. The molecular weight excluding hydrogens is 358 g/mol. The van der Waals surface area contributed by atoms with Gasteiger partial charge in [-0.25, -0.2) is 4.79 Å². The van der Waals surface area contributed by atoms with E-state index in [4.69, 9.17) is 0 Å². The second-order valence-corrected chi connectivity index (χ2v) is 6.52. The standard InChI is InChI=1S/C21H19N3O2S/c1-27-19-10-6-5-9-18(19)20(25)22-16-11-13-17(14-12-16)24-21(26)23-15-7-3-2-4-8-15/h2-14H,1H3,(H,22,25)(H2,23,24,26). The first-order chi connectivity index (χ1) is 13.2. The summed E-state index contributed by atoms with van der Waals surface area (Å²) in [6.07, 6.45) is 1.94. The molecule has 0 bridgehead atoms. The van der Waals surface area contributed by atoms with Gasteiger partial charge in [-0.3, -0.25) is 4.79 Å². The zero-order chi connectivity index (χ0) is 19.1. The molecule has 3 aromatic carbocycles. The Morgan fingerprint density at radius 2 is 1.19 bits per heavy atom. The number of carbonyl (C=O) groups is 2. The largest absolute Gasteiger partial charge is 0.323 e. The fourth-order valence-corrected chi connectivity index (χ4v) is 3.08. The van der Waals surface area contributed by atoms with Crippen LogP contribution < -0.4 is 16.0 Å². The molecule has 0 aliphatic heterocycles. The molecule has 0 saturated heterocycles. The first-order valence-electron chi connectivity index (χ1n) is 8.33. The highest BCUT2D eigenvalue weighted by atomic mass is 32.2. The first kappa shape index (κ1) is 18.5. The van der Waals surface area contributed by atoms with Crippen molar-refractivity contribution in [2.45, 2.75) is 4.90 Å². The van der Waals surface area contributed by atoms with Crippen LogP contribution in [0.5, 0.6) is 0 Å². The number of rotatable bonds is 5. The van der Waals surface area contributed by atoms with Gasteiger partial charge in [-0.1, -0.05) is 30.3 Å². The lowest BCUT2D eigenvalue weighted by atomic mass is 10.2. The van der Waals surface area contributed by atoms with Gasteiger partial charge in [-0.05, 0) is 54.8 Å². The minimum Gasteiger partial charge on any atom is -0.322 e. The molecular formula is C21H19N3O2S. The molecule has 27 heavy (non-hydrogen) atoms. The molecule has 0 aliphatic carbocycles. The number of anilines is 3. The van der Waals surface area contributed by atoms with Crippen LogP contribution in [0.3, 0.4) is 0 Å². The van der Waals surface area contributed by atoms with Crippen molar-refractivity contribution in [3.05, 3.63) is 84.4 Å². The Kier molecular flexibility index (Phi) is 6.12. The third-order valence-corrected chi connectivity index (χ3v) is 4.58. The Balaban J connectivity index is 1.60. The zero-order valence-electron chi connectivity index (χ0n) is 14.7. The molecule has 0 fully saturated rings. The third kappa shape index (κ3) is 5.12. The molecule has 0 atom stereocenters. The summed E-state index contributed by atoms with van der Waals surface area (Å²) in [4.78, 5) is 25.4. The lowest BCUT2D eigenvalue weighted by Gasteiger charge is -2.10. The van der Waals surface area contributed by atoms with Gasteiger partial charge in [-0.2, -0.15) is 0 Å². The Morgan fingerprint density at radius 3 is 1.81 bits per heavy atom. The highest BCUT2D eigenvalue weighted by Gasteiger charge is 2.10. The van der Waals surface area contributed by atoms with Crippen molar-refractivity contribution in [3.63, 3.8) is 0 Å². The maximum atomic E-state index is 12.5. The quantitative estimate of drug-likeness (QED) is 0.528. The predicted molar refractivity (Wildman–Crippen MR) is 112 cm³/mol. The highest BCUT2D eigenvalue weighted by Crippen LogP contribution is 2.21. The molecule has 6 heteroatoms. The van der Waals surface area contributed by atoms with E-state index in [1.807, 2.05) is 54.8 Å². The van der Waals surface area contributed by atoms with E-state index in [0.29, 0.717) is 22.6 Å². The summed E-state index contributed by atoms with van der Waals surface area (Å²) in [6.45, 7) is 0. The molecule has 0 heterocycles. The van der Waals surface area contributed by atoms with Gasteiger partial charge in [0.15, 0.2) is 0 Å². The second-order valence-electron chi connectivity index (χ2n) is 5.68. The van der Waals surface area contributed by atoms with Crippen LogP contribution in [0.2, 0.25) is 0 Å². The van der Waals surface area contributed by atoms with Gasteiger partial charge in [0.2, 0.25) is 0 Å². The van der Waals surface area contributed by atoms with Crippen molar-refractivity contribution in [3.8, 4) is 0 Å². The maximum Gasteiger partial charge on any atom is 0.323 e. The van der Waals surface area contributed by atoms with Gasteiger partial charge in [0.25, 0.3) is 5.91 Å². The van der Waals surface area contributed by atoms with Crippen LogP contribution in [0, 0.1) is 0 Å². The van der Waals surface area contributed by atoms with E-state index in [0.717, 1.165) is 4.90 Å². The van der Waals surface area contributed by atoms with E-state index in [2.05, 4.69) is 16.0 Å². The van der Waals surface area contributed by atoms with Crippen LogP contribution in [0.1, 0.15) is 10.4 Å². The number of amides is 3. The summed E-state index contributed by atoms with van der Waals surface area (Å²) >= 11 is 1.53. The summed E-state index contributed by atoms with van der Waals surface area (Å²) in [5.41, 5.74) is 2.64. The van der Waals surface area contributed by atoms with E-state index in [9.17, 15) is 9.59 Å². The van der Waals surface area contributed by atoms with E-state index >= 15 is 0 Å². The van der Waals surface area contributed by atoms with Crippen molar-refractivity contribution < 1.29 is 9.59 Å². The highest BCUT2D eigenvalue weighted by molar-refractivity contribution is 7.98. The second kappa shape index (κ2) is 8.91. The topological polar surface area (TPSA) is 70.2 Å². The van der Waals surface area contributed by atoms with Gasteiger partial charge >= 0.3 is 6.03 Å². The van der Waals surface area contributed by atoms with Crippen molar-refractivity contribution >= 4 is 40.8 Å². The average Bonchev–Trinajstić information content (AvgIpc) is 2.70. The smallest absolute Gasteiger partial charge is 0.322 e. The molecule has 3 N–H and O–H groups in total. The Labute approximate surface area is 162 Å². The van der Waals surface area contributed by atoms with Crippen molar-refractivity contribution in [2.75, 3.05) is 22.2 Å². The predicted octanol–water partition coefficient (Wildman–Crippen LogP) is 5.30. The zero-order valence-corrected chi connectivity index (χ0v) is 15.5. The Morgan fingerprint density at radius 1 is 0.667 bits per heavy atom. The number of carbonyl (C=O) groups excluding carboxylic acids is 2. The number of urea groups is 1. The normalized spacial score (nSPS) is 10.1. The molecule has 136 valence electrons. The minimum atomic E-state index is -0.327. The van der Waals surface area contributed by atoms with Gasteiger partial charge in [0.1, 0.15) is 0 Å². The molecule has 0 radical (unpaired) electrons. The van der Waals surface area contributed by atoms with Gasteiger partial charge < -0.3 is 16.0 Å². The fraction of sp³-hybridized carbons (Fsp3) is 0.0476. The summed E-state index contributed by atoms with van der Waals surface area (Å²) < 4.78 is 0. The van der Waals surface area contributed by atoms with E-state index in [-0.39, 0.29) is 11.9 Å². The summed E-state index contributed by atoms with van der Waals surface area (Å²) in [7, 11) is 0. The van der Waals surface area contributed by atoms with Gasteiger partial charge in [0.05, 0.1) is 5.56 Å². The average molecular weight is 377 g/mol. The van der Waals surface area contributed by atoms with Crippen LogP contribution in [0.25, 0.3) is 0 Å². The lowest BCUT2D eigenvalue weighted by molar-refractivity contribution is 0.102. The van der Waals surface area contributed by atoms with Crippen molar-refractivity contribution in [1.82, 2.24) is 0 Å². The van der Waals surface area contributed by atoms with Crippen molar-refractivity contribution in [2.24, 2.45) is 0 Å². The van der Waals surface area contributed by atoms with Gasteiger partial charge in [-0.15, -0.1) is 11.8 Å². The Bertz CT molecular complexity index is 928. The van der Waals surface area contributed by atoms with E-state index in [1.54, 1.807) is 30.3 Å². The SMILES string of the molecule is CSc1ccccc1C(=O)Nc1ccc(NC(=O)Nc2ccccc2)cc1. The monoisotopic (exact) mass is 377 g/mol. The van der Waals surface area contributed by atoms with Crippen LogP contribution in [-0.2, 0) is 0 Å². The van der Waals surface area contributed by atoms with Crippen LogP contribution in [0.4, 0.5) is 21.9 Å². The molecule has 0 saturated carbocycles. The number of para-hydroxylation sites is 1. The molecule has 3 rings (SSSR count). The summed E-state index contributed by atoms with van der Waals surface area (Å²) in [5, 5.41) is 8.38. The maximum absolute atomic E-state index is 12.5. The fourth-order valence-electron chi connectivity index (χ4n) is 2.48. The number of hydrogen-bond acceptors (Lipinski definition) is 3.